The first-order chi connectivity index (χ1) is 16.6. The first-order valence-corrected chi connectivity index (χ1v) is 11.6. The van der Waals surface area contributed by atoms with Gasteiger partial charge in [0.2, 0.25) is 12.3 Å². The Morgan fingerprint density at radius 2 is 2.03 bits per heavy atom. The van der Waals surface area contributed by atoms with E-state index in [-0.39, 0.29) is 18.4 Å². The molecule has 0 bridgehead atoms. The van der Waals surface area contributed by atoms with Gasteiger partial charge in [-0.3, -0.25) is 14.7 Å². The van der Waals surface area contributed by atoms with Crippen LogP contribution in [0, 0.1) is 6.92 Å². The van der Waals surface area contributed by atoms with Crippen molar-refractivity contribution in [2.75, 3.05) is 18.6 Å². The number of benzene rings is 1. The summed E-state index contributed by atoms with van der Waals surface area (Å²) in [6.07, 6.45) is 5.58. The number of rotatable bonds is 9. The number of nitrogens with zero attached hydrogens (tertiary/aromatic N) is 5. The van der Waals surface area contributed by atoms with Gasteiger partial charge in [-0.2, -0.15) is 4.99 Å². The summed E-state index contributed by atoms with van der Waals surface area (Å²) in [7, 11) is 1.63. The highest BCUT2D eigenvalue weighted by molar-refractivity contribution is 6.35. The van der Waals surface area contributed by atoms with E-state index < -0.39 is 0 Å². The fourth-order valence-corrected chi connectivity index (χ4v) is 3.26. The number of amides is 1. The molecule has 0 fully saturated rings. The third-order valence-corrected chi connectivity index (χ3v) is 5.29. The van der Waals surface area contributed by atoms with Gasteiger partial charge in [-0.25, -0.2) is 9.97 Å². The van der Waals surface area contributed by atoms with E-state index in [4.69, 9.17) is 38.7 Å². The number of hydrogen-bond acceptors (Lipinski definition) is 7. The van der Waals surface area contributed by atoms with Gasteiger partial charge in [0.25, 0.3) is 0 Å². The molecule has 0 unspecified atom stereocenters. The largest absolute Gasteiger partial charge is 0.470 e. The van der Waals surface area contributed by atoms with Crippen molar-refractivity contribution >= 4 is 47.3 Å². The Morgan fingerprint density at radius 3 is 2.63 bits per heavy atom. The normalized spacial score (nSPS) is 13.3. The second-order valence-electron chi connectivity index (χ2n) is 7.99. The lowest BCUT2D eigenvalue weighted by molar-refractivity contribution is -0.106. The van der Waals surface area contributed by atoms with Crippen molar-refractivity contribution in [2.24, 2.45) is 15.7 Å². The highest BCUT2D eigenvalue weighted by Gasteiger charge is 2.17. The number of amidine groups is 1. The number of hydrogen-bond donors (Lipinski definition) is 1. The van der Waals surface area contributed by atoms with Gasteiger partial charge in [-0.05, 0) is 44.5 Å². The number of carbonyl (C=O) groups excluding carboxylic acids is 1. The van der Waals surface area contributed by atoms with Crippen LogP contribution < -0.4 is 10.6 Å². The van der Waals surface area contributed by atoms with Crippen LogP contribution in [0.1, 0.15) is 45.0 Å². The number of ether oxygens (including phenoxy) is 1. The molecule has 2 aromatic rings. The third-order valence-electron chi connectivity index (χ3n) is 4.81. The van der Waals surface area contributed by atoms with E-state index in [9.17, 15) is 4.79 Å². The minimum Gasteiger partial charge on any atom is -0.470 e. The van der Waals surface area contributed by atoms with Crippen molar-refractivity contribution in [3.63, 3.8) is 0 Å². The van der Waals surface area contributed by atoms with Crippen molar-refractivity contribution in [1.29, 1.82) is 0 Å². The Hall–Kier alpha value is -3.23. The average molecular weight is 517 g/mol. The first-order valence-electron chi connectivity index (χ1n) is 10.9. The van der Waals surface area contributed by atoms with Crippen LogP contribution in [0.4, 0.5) is 5.69 Å². The van der Waals surface area contributed by atoms with Crippen molar-refractivity contribution < 1.29 is 9.53 Å². The van der Waals surface area contributed by atoms with E-state index in [1.165, 1.54) is 4.90 Å². The molecule has 0 aliphatic heterocycles. The van der Waals surface area contributed by atoms with Gasteiger partial charge in [0.1, 0.15) is 18.3 Å². The zero-order chi connectivity index (χ0) is 26.1. The van der Waals surface area contributed by atoms with Crippen LogP contribution in [0.15, 0.2) is 57.1 Å². The zero-order valence-electron chi connectivity index (χ0n) is 20.7. The van der Waals surface area contributed by atoms with Crippen molar-refractivity contribution in [2.45, 2.75) is 40.5 Å². The molecule has 0 spiro atoms. The highest BCUT2D eigenvalue weighted by atomic mass is 35.5. The van der Waals surface area contributed by atoms with Crippen molar-refractivity contribution in [3.8, 4) is 11.3 Å². The second kappa shape index (κ2) is 13.0. The number of allylic oxidation sites excluding steroid dienone is 2. The van der Waals surface area contributed by atoms with Gasteiger partial charge in [-0.15, -0.1) is 0 Å². The van der Waals surface area contributed by atoms with E-state index >= 15 is 0 Å². The van der Waals surface area contributed by atoms with Gasteiger partial charge < -0.3 is 10.5 Å². The molecule has 2 N–H and O–H groups in total. The molecule has 1 heterocycles. The number of aliphatic imine (C=N–C) groups is 2. The number of nitrogens with two attached hydrogens (primary N) is 1. The molecule has 1 amide bonds. The minimum absolute atomic E-state index is 0.0463. The quantitative estimate of drug-likeness (QED) is 0.202. The van der Waals surface area contributed by atoms with Crippen molar-refractivity contribution in [3.05, 3.63) is 63.5 Å². The third kappa shape index (κ3) is 7.63. The number of aromatic nitrogens is 2. The van der Waals surface area contributed by atoms with Gasteiger partial charge in [-0.1, -0.05) is 43.1 Å². The van der Waals surface area contributed by atoms with Crippen LogP contribution in [-0.2, 0) is 9.53 Å². The Bertz CT molecular complexity index is 1180. The van der Waals surface area contributed by atoms with Crippen LogP contribution in [0.5, 0.6) is 0 Å². The Labute approximate surface area is 216 Å². The lowest BCUT2D eigenvalue weighted by Crippen LogP contribution is -2.27. The first kappa shape index (κ1) is 28.0. The Kier molecular flexibility index (Phi) is 10.4. The molecule has 35 heavy (non-hydrogen) atoms. The highest BCUT2D eigenvalue weighted by Crippen LogP contribution is 2.32. The zero-order valence-corrected chi connectivity index (χ0v) is 22.2. The molecule has 0 radical (unpaired) electrons. The summed E-state index contributed by atoms with van der Waals surface area (Å²) in [6.45, 7) is 9.32. The van der Waals surface area contributed by atoms with Gasteiger partial charge in [0.15, 0.2) is 0 Å². The van der Waals surface area contributed by atoms with E-state index in [1.54, 1.807) is 51.5 Å². The SMILES string of the molecule is CN=C/C=C(\N)COC(/N=C(/C)N(C=O)c1cc(-c2nc(C(C)C)ncc2C)ccc1Cl)=C(/C)Cl. The number of carbonyl (C=O) groups is 1. The maximum Gasteiger partial charge on any atom is 0.230 e. The molecule has 1 aromatic carbocycles. The topological polar surface area (TPSA) is 106 Å². The standard InChI is InChI=1S/C25H30Cl2N6O2/c1-15(2)24-30-12-16(3)23(32-24)19-7-8-21(27)22(11-19)33(14-34)18(5)31-25(17(4)26)35-13-20(28)9-10-29-6/h7-12,14-15H,13,28H2,1-6H3/b20-9-,25-17-,29-10?,31-18-. The molecule has 0 atom stereocenters. The van der Waals surface area contributed by atoms with Gasteiger partial charge >= 0.3 is 0 Å². The lowest BCUT2D eigenvalue weighted by Gasteiger charge is -2.20. The van der Waals surface area contributed by atoms with Crippen molar-refractivity contribution in [1.82, 2.24) is 9.97 Å². The maximum absolute atomic E-state index is 12.1. The number of halogens is 2. The fraction of sp³-hybridized carbons (Fsp3) is 0.320. The number of aryl methyl sites for hydroxylation is 1. The van der Waals surface area contributed by atoms with E-state index in [0.717, 1.165) is 22.6 Å². The average Bonchev–Trinajstić information content (AvgIpc) is 2.82. The maximum atomic E-state index is 12.1. The molecular weight excluding hydrogens is 487 g/mol. The molecule has 0 saturated carbocycles. The summed E-state index contributed by atoms with van der Waals surface area (Å²) < 4.78 is 5.65. The van der Waals surface area contributed by atoms with Crippen LogP contribution >= 0.6 is 23.2 Å². The predicted molar refractivity (Wildman–Crippen MR) is 144 cm³/mol. The molecule has 8 nitrogen and oxygen atoms in total. The lowest BCUT2D eigenvalue weighted by atomic mass is 10.1. The molecule has 1 aromatic heterocycles. The fourth-order valence-electron chi connectivity index (χ4n) is 2.96. The predicted octanol–water partition coefficient (Wildman–Crippen LogP) is 5.60. The second-order valence-corrected chi connectivity index (χ2v) is 8.97. The number of anilines is 1. The Balaban J connectivity index is 2.45. The molecule has 2 rings (SSSR count). The summed E-state index contributed by atoms with van der Waals surface area (Å²) in [6, 6.07) is 5.36. The molecule has 0 aliphatic rings. The Morgan fingerprint density at radius 1 is 1.31 bits per heavy atom. The molecule has 0 saturated heterocycles. The molecular formula is C25H30Cl2N6O2. The smallest absolute Gasteiger partial charge is 0.230 e. The minimum atomic E-state index is 0.0463. The summed E-state index contributed by atoms with van der Waals surface area (Å²) in [5.41, 5.74) is 9.22. The van der Waals surface area contributed by atoms with E-state index in [0.29, 0.717) is 33.7 Å². The molecule has 0 aliphatic carbocycles. The van der Waals surface area contributed by atoms with Gasteiger partial charge in [0, 0.05) is 36.6 Å². The summed E-state index contributed by atoms with van der Waals surface area (Å²) >= 11 is 12.7. The van der Waals surface area contributed by atoms with Crippen LogP contribution in [-0.4, -0.2) is 42.1 Å². The molecule has 10 heteroatoms. The van der Waals surface area contributed by atoms with Gasteiger partial charge in [0.05, 0.1) is 21.4 Å². The summed E-state index contributed by atoms with van der Waals surface area (Å²) in [5.74, 6) is 1.33. The van der Waals surface area contributed by atoms with Crippen LogP contribution in [0.2, 0.25) is 5.02 Å². The summed E-state index contributed by atoms with van der Waals surface area (Å²) in [5, 5.41) is 0.663. The summed E-state index contributed by atoms with van der Waals surface area (Å²) in [4.78, 5) is 30.8. The van der Waals surface area contributed by atoms with Crippen LogP contribution in [0.25, 0.3) is 11.3 Å². The molecule has 186 valence electrons. The van der Waals surface area contributed by atoms with E-state index in [2.05, 4.69) is 15.0 Å². The monoisotopic (exact) mass is 516 g/mol. The van der Waals surface area contributed by atoms with Crippen LogP contribution in [0.3, 0.4) is 0 Å². The van der Waals surface area contributed by atoms with E-state index in [1.807, 2.05) is 26.8 Å².